The van der Waals surface area contributed by atoms with E-state index in [0.717, 1.165) is 16.5 Å². The molecule has 26 heavy (non-hydrogen) atoms. The highest BCUT2D eigenvalue weighted by molar-refractivity contribution is 6.42. The van der Waals surface area contributed by atoms with Crippen LogP contribution in [0.3, 0.4) is 0 Å². The van der Waals surface area contributed by atoms with Gasteiger partial charge in [-0.3, -0.25) is 4.79 Å². The molecule has 0 bridgehead atoms. The lowest BCUT2D eigenvalue weighted by Crippen LogP contribution is -2.43. The van der Waals surface area contributed by atoms with E-state index in [9.17, 15) is 9.59 Å². The molecule has 1 atom stereocenters. The van der Waals surface area contributed by atoms with Crippen molar-refractivity contribution in [2.75, 3.05) is 7.11 Å². The molecular weight excluding hydrogens is 375 g/mol. The van der Waals surface area contributed by atoms with E-state index in [4.69, 9.17) is 27.9 Å². The molecule has 0 fully saturated rings. The number of benzene rings is 2. The van der Waals surface area contributed by atoms with Crippen molar-refractivity contribution in [2.24, 2.45) is 0 Å². The van der Waals surface area contributed by atoms with Crippen LogP contribution in [-0.2, 0) is 16.0 Å². The molecule has 0 aliphatic heterocycles. The van der Waals surface area contributed by atoms with E-state index in [2.05, 4.69) is 10.3 Å². The Bertz CT molecular complexity index is 968. The van der Waals surface area contributed by atoms with E-state index in [1.54, 1.807) is 6.07 Å². The van der Waals surface area contributed by atoms with Crippen LogP contribution in [0.5, 0.6) is 0 Å². The summed E-state index contributed by atoms with van der Waals surface area (Å²) in [7, 11) is 1.29. The Kier molecular flexibility index (Phi) is 5.49. The number of esters is 1. The van der Waals surface area contributed by atoms with Crippen molar-refractivity contribution in [3.63, 3.8) is 0 Å². The van der Waals surface area contributed by atoms with Gasteiger partial charge in [-0.25, -0.2) is 4.79 Å². The van der Waals surface area contributed by atoms with Crippen LogP contribution < -0.4 is 5.32 Å². The number of amides is 1. The van der Waals surface area contributed by atoms with Crippen molar-refractivity contribution in [2.45, 2.75) is 12.5 Å². The lowest BCUT2D eigenvalue weighted by Gasteiger charge is -2.16. The zero-order valence-electron chi connectivity index (χ0n) is 13.9. The molecule has 1 amide bonds. The van der Waals surface area contributed by atoms with Gasteiger partial charge >= 0.3 is 5.97 Å². The molecule has 3 rings (SSSR count). The summed E-state index contributed by atoms with van der Waals surface area (Å²) in [5.41, 5.74) is 2.18. The number of carbonyl (C=O) groups is 2. The third-order valence-corrected chi connectivity index (χ3v) is 4.81. The molecule has 0 radical (unpaired) electrons. The number of halogens is 2. The molecule has 2 N–H and O–H groups in total. The molecule has 0 saturated heterocycles. The van der Waals surface area contributed by atoms with Gasteiger partial charge in [0.2, 0.25) is 0 Å². The minimum absolute atomic E-state index is 0.269. The van der Waals surface area contributed by atoms with Crippen molar-refractivity contribution in [1.82, 2.24) is 10.3 Å². The standard InChI is InChI=1S/C19H16Cl2N2O3/c1-26-19(25)17(9-12-10-22-16-5-3-2-4-13(12)16)23-18(24)11-6-7-14(20)15(21)8-11/h2-8,10,17,22H,9H2,1H3,(H,23,24). The average Bonchev–Trinajstić information content (AvgIpc) is 3.05. The lowest BCUT2D eigenvalue weighted by atomic mass is 10.0. The highest BCUT2D eigenvalue weighted by Crippen LogP contribution is 2.23. The van der Waals surface area contributed by atoms with Gasteiger partial charge in [0.1, 0.15) is 6.04 Å². The van der Waals surface area contributed by atoms with E-state index < -0.39 is 17.9 Å². The largest absolute Gasteiger partial charge is 0.467 e. The normalized spacial score (nSPS) is 12.0. The zero-order chi connectivity index (χ0) is 18.7. The van der Waals surface area contributed by atoms with Crippen LogP contribution in [0.1, 0.15) is 15.9 Å². The second-order valence-electron chi connectivity index (χ2n) is 5.74. The molecule has 0 spiro atoms. The van der Waals surface area contributed by atoms with Gasteiger partial charge in [-0.2, -0.15) is 0 Å². The summed E-state index contributed by atoms with van der Waals surface area (Å²) < 4.78 is 4.84. The second-order valence-corrected chi connectivity index (χ2v) is 6.56. The molecule has 0 aliphatic rings. The summed E-state index contributed by atoms with van der Waals surface area (Å²) in [6.45, 7) is 0. The number of carbonyl (C=O) groups excluding carboxylic acids is 2. The zero-order valence-corrected chi connectivity index (χ0v) is 15.4. The van der Waals surface area contributed by atoms with Crippen LogP contribution in [0.25, 0.3) is 10.9 Å². The summed E-state index contributed by atoms with van der Waals surface area (Å²) in [4.78, 5) is 27.8. The first-order valence-electron chi connectivity index (χ1n) is 7.88. The SMILES string of the molecule is COC(=O)C(Cc1c[nH]c2ccccc12)NC(=O)c1ccc(Cl)c(Cl)c1. The van der Waals surface area contributed by atoms with Gasteiger partial charge in [0.15, 0.2) is 0 Å². The van der Waals surface area contributed by atoms with Gasteiger partial charge < -0.3 is 15.0 Å². The number of nitrogens with one attached hydrogen (secondary N) is 2. The highest BCUT2D eigenvalue weighted by atomic mass is 35.5. The Morgan fingerprint density at radius 2 is 1.92 bits per heavy atom. The fourth-order valence-electron chi connectivity index (χ4n) is 2.73. The van der Waals surface area contributed by atoms with Crippen molar-refractivity contribution < 1.29 is 14.3 Å². The summed E-state index contributed by atoms with van der Waals surface area (Å²) in [5.74, 6) is -0.956. The molecule has 7 heteroatoms. The quantitative estimate of drug-likeness (QED) is 0.647. The summed E-state index contributed by atoms with van der Waals surface area (Å²) in [5, 5.41) is 4.32. The number of para-hydroxylation sites is 1. The molecule has 3 aromatic rings. The molecule has 2 aromatic carbocycles. The number of aromatic amines is 1. The predicted molar refractivity (Wildman–Crippen MR) is 102 cm³/mol. The van der Waals surface area contributed by atoms with Crippen LogP contribution in [-0.4, -0.2) is 30.0 Å². The Hall–Kier alpha value is -2.50. The number of ether oxygens (including phenoxy) is 1. The van der Waals surface area contributed by atoms with Gasteiger partial charge in [0.05, 0.1) is 17.2 Å². The highest BCUT2D eigenvalue weighted by Gasteiger charge is 2.24. The van der Waals surface area contributed by atoms with Crippen LogP contribution in [0.15, 0.2) is 48.7 Å². The number of hydrogen-bond acceptors (Lipinski definition) is 3. The van der Waals surface area contributed by atoms with Crippen LogP contribution in [0.2, 0.25) is 10.0 Å². The van der Waals surface area contributed by atoms with Crippen molar-refractivity contribution in [3.8, 4) is 0 Å². The van der Waals surface area contributed by atoms with Crippen molar-refractivity contribution in [1.29, 1.82) is 0 Å². The van der Waals surface area contributed by atoms with Crippen LogP contribution in [0, 0.1) is 0 Å². The molecule has 0 saturated carbocycles. The van der Waals surface area contributed by atoms with E-state index >= 15 is 0 Å². The number of aromatic nitrogens is 1. The Morgan fingerprint density at radius 3 is 2.65 bits per heavy atom. The molecule has 5 nitrogen and oxygen atoms in total. The minimum Gasteiger partial charge on any atom is -0.467 e. The lowest BCUT2D eigenvalue weighted by molar-refractivity contribution is -0.142. The van der Waals surface area contributed by atoms with Gasteiger partial charge in [-0.15, -0.1) is 0 Å². The fourth-order valence-corrected chi connectivity index (χ4v) is 3.03. The average molecular weight is 391 g/mol. The molecule has 1 aromatic heterocycles. The molecule has 0 aliphatic carbocycles. The number of rotatable bonds is 5. The Morgan fingerprint density at radius 1 is 1.15 bits per heavy atom. The van der Waals surface area contributed by atoms with Crippen molar-refractivity contribution >= 4 is 46.0 Å². The monoisotopic (exact) mass is 390 g/mol. The van der Waals surface area contributed by atoms with E-state index in [0.29, 0.717) is 17.0 Å². The van der Waals surface area contributed by atoms with E-state index in [1.807, 2.05) is 30.5 Å². The Labute approximate surface area is 160 Å². The predicted octanol–water partition coefficient (Wildman–Crippen LogP) is 3.99. The number of methoxy groups -OCH3 is 1. The maximum Gasteiger partial charge on any atom is 0.328 e. The van der Waals surface area contributed by atoms with Crippen LogP contribution >= 0.6 is 23.2 Å². The molecule has 134 valence electrons. The first kappa shape index (κ1) is 18.3. The van der Waals surface area contributed by atoms with Gasteiger partial charge in [-0.05, 0) is 29.8 Å². The number of H-pyrrole nitrogens is 1. The van der Waals surface area contributed by atoms with Gasteiger partial charge in [0, 0.05) is 29.1 Å². The van der Waals surface area contributed by atoms with Gasteiger partial charge in [0.25, 0.3) is 5.91 Å². The third-order valence-electron chi connectivity index (χ3n) is 4.07. The minimum atomic E-state index is -0.832. The van der Waals surface area contributed by atoms with E-state index in [1.165, 1.54) is 19.2 Å². The summed E-state index contributed by atoms with van der Waals surface area (Å²) in [6.07, 6.45) is 2.12. The first-order valence-corrected chi connectivity index (χ1v) is 8.64. The maximum atomic E-state index is 12.5. The molecule has 1 heterocycles. The number of fused-ring (bicyclic) bond motifs is 1. The third kappa shape index (κ3) is 3.84. The van der Waals surface area contributed by atoms with E-state index in [-0.39, 0.29) is 5.02 Å². The number of hydrogen-bond donors (Lipinski definition) is 2. The smallest absolute Gasteiger partial charge is 0.328 e. The summed E-state index contributed by atoms with van der Waals surface area (Å²) in [6, 6.07) is 11.4. The topological polar surface area (TPSA) is 71.2 Å². The van der Waals surface area contributed by atoms with Crippen LogP contribution in [0.4, 0.5) is 0 Å². The fraction of sp³-hybridized carbons (Fsp3) is 0.158. The molecular formula is C19H16Cl2N2O3. The molecule has 1 unspecified atom stereocenters. The van der Waals surface area contributed by atoms with Gasteiger partial charge in [-0.1, -0.05) is 41.4 Å². The maximum absolute atomic E-state index is 12.5. The summed E-state index contributed by atoms with van der Waals surface area (Å²) >= 11 is 11.8. The second kappa shape index (κ2) is 7.81. The first-order chi connectivity index (χ1) is 12.5. The Balaban J connectivity index is 1.83. The van der Waals surface area contributed by atoms with Crippen molar-refractivity contribution in [3.05, 3.63) is 69.8 Å².